The largest absolute Gasteiger partial charge is 0.465 e. The molecule has 1 rings (SSSR count). The summed E-state index contributed by atoms with van der Waals surface area (Å²) in [7, 11) is 1.05. The molecule has 0 radical (unpaired) electrons. The molecule has 0 N–H and O–H groups in total. The number of nitriles is 1. The van der Waals surface area contributed by atoms with Crippen molar-refractivity contribution in [3.63, 3.8) is 0 Å². The van der Waals surface area contributed by atoms with Crippen molar-refractivity contribution in [3.05, 3.63) is 33.8 Å². The third kappa shape index (κ3) is 2.50. The second-order valence-electron chi connectivity index (χ2n) is 2.95. The van der Waals surface area contributed by atoms with E-state index in [2.05, 4.69) is 4.74 Å². The van der Waals surface area contributed by atoms with Gasteiger partial charge in [-0.05, 0) is 12.1 Å². The van der Waals surface area contributed by atoms with Crippen LogP contribution in [0.3, 0.4) is 0 Å². The maximum absolute atomic E-state index is 12.5. The van der Waals surface area contributed by atoms with Crippen LogP contribution in [-0.4, -0.2) is 13.1 Å². The number of methoxy groups -OCH3 is 1. The Hall–Kier alpha value is -1.74. The average molecular weight is 264 g/mol. The molecule has 17 heavy (non-hydrogen) atoms. The minimum atomic E-state index is -4.68. The van der Waals surface area contributed by atoms with Gasteiger partial charge in [-0.1, -0.05) is 11.6 Å². The van der Waals surface area contributed by atoms with Crippen molar-refractivity contribution >= 4 is 17.6 Å². The minimum Gasteiger partial charge on any atom is -0.465 e. The first-order valence-electron chi connectivity index (χ1n) is 4.21. The van der Waals surface area contributed by atoms with Crippen molar-refractivity contribution in [2.45, 2.75) is 6.18 Å². The first-order valence-corrected chi connectivity index (χ1v) is 4.58. The molecule has 0 aliphatic rings. The summed E-state index contributed by atoms with van der Waals surface area (Å²) in [5, 5.41) is 7.92. The molecule has 0 aliphatic carbocycles. The molecular weight excluding hydrogens is 259 g/mol. The van der Waals surface area contributed by atoms with Crippen LogP contribution in [-0.2, 0) is 10.9 Å². The highest BCUT2D eigenvalue weighted by molar-refractivity contribution is 6.33. The van der Waals surface area contributed by atoms with E-state index < -0.39 is 28.3 Å². The third-order valence-electron chi connectivity index (χ3n) is 1.96. The quantitative estimate of drug-likeness (QED) is 0.732. The predicted molar refractivity (Wildman–Crippen MR) is 52.5 cm³/mol. The fourth-order valence-electron chi connectivity index (χ4n) is 1.18. The highest BCUT2D eigenvalue weighted by atomic mass is 35.5. The molecule has 0 atom stereocenters. The van der Waals surface area contributed by atoms with Crippen molar-refractivity contribution in [1.29, 1.82) is 5.26 Å². The smallest absolute Gasteiger partial charge is 0.417 e. The number of carbonyl (C=O) groups is 1. The average Bonchev–Trinajstić information content (AvgIpc) is 2.25. The van der Waals surface area contributed by atoms with Gasteiger partial charge in [0.1, 0.15) is 6.07 Å². The van der Waals surface area contributed by atoms with Crippen LogP contribution in [0.5, 0.6) is 0 Å². The number of benzene rings is 1. The second kappa shape index (κ2) is 4.63. The summed E-state index contributed by atoms with van der Waals surface area (Å²) in [5.41, 5.74) is -2.01. The highest BCUT2D eigenvalue weighted by Gasteiger charge is 2.35. The zero-order valence-electron chi connectivity index (χ0n) is 8.43. The van der Waals surface area contributed by atoms with Crippen LogP contribution >= 0.6 is 11.6 Å². The van der Waals surface area contributed by atoms with E-state index in [-0.39, 0.29) is 5.56 Å². The highest BCUT2D eigenvalue weighted by Crippen LogP contribution is 2.37. The first-order chi connectivity index (χ1) is 7.82. The van der Waals surface area contributed by atoms with E-state index in [0.29, 0.717) is 6.07 Å². The van der Waals surface area contributed by atoms with Crippen LogP contribution in [0.25, 0.3) is 0 Å². The normalized spacial score (nSPS) is 10.8. The molecule has 0 aromatic heterocycles. The van der Waals surface area contributed by atoms with E-state index >= 15 is 0 Å². The van der Waals surface area contributed by atoms with Gasteiger partial charge < -0.3 is 4.74 Å². The molecule has 1 aromatic carbocycles. The molecule has 0 bridgehead atoms. The molecule has 0 saturated heterocycles. The van der Waals surface area contributed by atoms with Crippen molar-refractivity contribution in [3.8, 4) is 6.07 Å². The topological polar surface area (TPSA) is 50.1 Å². The minimum absolute atomic E-state index is 0.298. The van der Waals surface area contributed by atoms with E-state index in [9.17, 15) is 18.0 Å². The Morgan fingerprint density at radius 2 is 2.06 bits per heavy atom. The van der Waals surface area contributed by atoms with Gasteiger partial charge in [-0.25, -0.2) is 4.79 Å². The summed E-state index contributed by atoms with van der Waals surface area (Å²) in [6.07, 6.45) is -4.68. The number of carbonyl (C=O) groups excluding carboxylic acids is 1. The van der Waals surface area contributed by atoms with E-state index in [1.54, 1.807) is 0 Å². The van der Waals surface area contributed by atoms with Crippen LogP contribution in [0.15, 0.2) is 12.1 Å². The number of hydrogen-bond donors (Lipinski definition) is 0. The predicted octanol–water partition coefficient (Wildman–Crippen LogP) is 3.02. The van der Waals surface area contributed by atoms with Gasteiger partial charge in [-0.3, -0.25) is 0 Å². The lowest BCUT2D eigenvalue weighted by atomic mass is 10.0. The summed E-state index contributed by atoms with van der Waals surface area (Å²) in [5.74, 6) is -0.919. The molecular formula is C10H5ClF3NO2. The molecule has 0 fully saturated rings. The summed E-state index contributed by atoms with van der Waals surface area (Å²) in [6, 6.07) is 2.95. The van der Waals surface area contributed by atoms with E-state index in [1.165, 1.54) is 6.07 Å². The maximum atomic E-state index is 12.5. The van der Waals surface area contributed by atoms with Crippen LogP contribution in [0.2, 0.25) is 5.02 Å². The number of ether oxygens (including phenoxy) is 1. The molecule has 3 nitrogen and oxygen atoms in total. The zero-order valence-corrected chi connectivity index (χ0v) is 9.19. The summed E-state index contributed by atoms with van der Waals surface area (Å²) < 4.78 is 41.7. The Kier molecular flexibility index (Phi) is 3.63. The van der Waals surface area contributed by atoms with E-state index in [4.69, 9.17) is 16.9 Å². The van der Waals surface area contributed by atoms with Gasteiger partial charge in [0.05, 0.1) is 28.8 Å². The van der Waals surface area contributed by atoms with Crippen molar-refractivity contribution in [1.82, 2.24) is 0 Å². The standard InChI is InChI=1S/C10H5ClF3NO2/c1-17-9(16)5-2-3-7(10(12,13)14)8(11)6(5)4-15/h2-3H,1H3. The van der Waals surface area contributed by atoms with Crippen LogP contribution < -0.4 is 0 Å². The lowest BCUT2D eigenvalue weighted by Gasteiger charge is -2.11. The molecule has 7 heteroatoms. The van der Waals surface area contributed by atoms with Crippen LogP contribution in [0.1, 0.15) is 21.5 Å². The molecule has 0 spiro atoms. The summed E-state index contributed by atoms with van der Waals surface area (Å²) in [6.45, 7) is 0. The third-order valence-corrected chi connectivity index (χ3v) is 2.36. The van der Waals surface area contributed by atoms with Gasteiger partial charge in [-0.15, -0.1) is 0 Å². The molecule has 90 valence electrons. The van der Waals surface area contributed by atoms with Crippen LogP contribution in [0.4, 0.5) is 13.2 Å². The Balaban J connectivity index is 3.50. The van der Waals surface area contributed by atoms with E-state index in [1.807, 2.05) is 0 Å². The van der Waals surface area contributed by atoms with Crippen molar-refractivity contribution in [2.24, 2.45) is 0 Å². The molecule has 0 heterocycles. The fraction of sp³-hybridized carbons (Fsp3) is 0.200. The fourth-order valence-corrected chi connectivity index (χ4v) is 1.50. The number of hydrogen-bond acceptors (Lipinski definition) is 3. The van der Waals surface area contributed by atoms with E-state index in [0.717, 1.165) is 13.2 Å². The lowest BCUT2D eigenvalue weighted by molar-refractivity contribution is -0.137. The van der Waals surface area contributed by atoms with Crippen molar-refractivity contribution in [2.75, 3.05) is 7.11 Å². The van der Waals surface area contributed by atoms with Gasteiger partial charge in [0.2, 0.25) is 0 Å². The number of nitrogens with zero attached hydrogens (tertiary/aromatic N) is 1. The maximum Gasteiger partial charge on any atom is 0.417 e. The van der Waals surface area contributed by atoms with Gasteiger partial charge >= 0.3 is 12.1 Å². The first kappa shape index (κ1) is 13.3. The SMILES string of the molecule is COC(=O)c1ccc(C(F)(F)F)c(Cl)c1C#N. The summed E-state index contributed by atoms with van der Waals surface area (Å²) in [4.78, 5) is 11.2. The molecule has 0 aliphatic heterocycles. The lowest BCUT2D eigenvalue weighted by Crippen LogP contribution is -2.11. The number of rotatable bonds is 1. The molecule has 0 amide bonds. The Morgan fingerprint density at radius 3 is 2.47 bits per heavy atom. The van der Waals surface area contributed by atoms with Gasteiger partial charge in [-0.2, -0.15) is 18.4 Å². The summed E-state index contributed by atoms with van der Waals surface area (Å²) >= 11 is 5.45. The molecule has 1 aromatic rings. The Labute approximate surface area is 99.4 Å². The van der Waals surface area contributed by atoms with Gasteiger partial charge in [0.25, 0.3) is 0 Å². The van der Waals surface area contributed by atoms with Crippen LogP contribution in [0, 0.1) is 11.3 Å². The molecule has 0 unspecified atom stereocenters. The number of alkyl halides is 3. The monoisotopic (exact) mass is 263 g/mol. The zero-order chi connectivity index (χ0) is 13.2. The number of halogens is 4. The van der Waals surface area contributed by atoms with Gasteiger partial charge in [0, 0.05) is 0 Å². The second-order valence-corrected chi connectivity index (χ2v) is 3.33. The number of esters is 1. The van der Waals surface area contributed by atoms with Crippen molar-refractivity contribution < 1.29 is 22.7 Å². The molecule has 0 saturated carbocycles. The Bertz CT molecular complexity index is 505. The Morgan fingerprint density at radius 1 is 1.47 bits per heavy atom. The van der Waals surface area contributed by atoms with Gasteiger partial charge in [0.15, 0.2) is 0 Å².